The van der Waals surface area contributed by atoms with Gasteiger partial charge in [-0.15, -0.1) is 0 Å². The fourth-order valence-corrected chi connectivity index (χ4v) is 3.06. The van der Waals surface area contributed by atoms with E-state index in [-0.39, 0.29) is 0 Å². The summed E-state index contributed by atoms with van der Waals surface area (Å²) in [6.45, 7) is 6.46. The van der Waals surface area contributed by atoms with E-state index >= 15 is 0 Å². The Morgan fingerprint density at radius 2 is 1.54 bits per heavy atom. The molecular formula is C21H27N3O4. The van der Waals surface area contributed by atoms with Gasteiger partial charge >= 0.3 is 11.9 Å². The van der Waals surface area contributed by atoms with Gasteiger partial charge in [-0.05, 0) is 42.4 Å². The number of carbonyl (C=O) groups is 2. The van der Waals surface area contributed by atoms with Gasteiger partial charge in [0.15, 0.2) is 0 Å². The lowest BCUT2D eigenvalue weighted by Gasteiger charge is -2.36. The van der Waals surface area contributed by atoms with Gasteiger partial charge in [0.1, 0.15) is 0 Å². The second-order valence-corrected chi connectivity index (χ2v) is 6.51. The van der Waals surface area contributed by atoms with Gasteiger partial charge in [-0.2, -0.15) is 0 Å². The van der Waals surface area contributed by atoms with Crippen molar-refractivity contribution in [2.24, 2.45) is 5.73 Å². The monoisotopic (exact) mass is 385 g/mol. The number of benzene rings is 2. The van der Waals surface area contributed by atoms with Crippen LogP contribution in [-0.4, -0.2) is 66.3 Å². The van der Waals surface area contributed by atoms with Gasteiger partial charge in [-0.3, -0.25) is 4.90 Å². The molecule has 1 aliphatic rings. The second-order valence-electron chi connectivity index (χ2n) is 6.51. The maximum absolute atomic E-state index is 9.55. The van der Waals surface area contributed by atoms with Crippen molar-refractivity contribution in [2.75, 3.05) is 44.2 Å². The highest BCUT2D eigenvalue weighted by atomic mass is 16.4. The van der Waals surface area contributed by atoms with Crippen molar-refractivity contribution in [3.8, 4) is 0 Å². The number of carboxylic acid groups (broad SMARTS) is 2. The van der Waals surface area contributed by atoms with E-state index in [0.29, 0.717) is 12.2 Å². The van der Waals surface area contributed by atoms with Crippen LogP contribution in [0.4, 0.5) is 5.69 Å². The van der Waals surface area contributed by atoms with E-state index < -0.39 is 11.9 Å². The third kappa shape index (κ3) is 7.02. The summed E-state index contributed by atoms with van der Waals surface area (Å²) in [5, 5.41) is 18.3. The van der Waals surface area contributed by atoms with Crippen LogP contribution in [0.1, 0.15) is 6.42 Å². The Bertz CT molecular complexity index is 798. The van der Waals surface area contributed by atoms with Crippen LogP contribution < -0.4 is 10.6 Å². The number of piperazine rings is 1. The molecule has 1 heterocycles. The lowest BCUT2D eigenvalue weighted by atomic mass is 10.1. The van der Waals surface area contributed by atoms with E-state index in [0.717, 1.165) is 45.7 Å². The molecule has 3 rings (SSSR count). The Morgan fingerprint density at radius 1 is 0.929 bits per heavy atom. The van der Waals surface area contributed by atoms with Crippen LogP contribution >= 0.6 is 0 Å². The first-order valence-electron chi connectivity index (χ1n) is 9.29. The Balaban J connectivity index is 0.000000300. The van der Waals surface area contributed by atoms with Gasteiger partial charge < -0.3 is 20.8 Å². The number of carboxylic acids is 2. The molecular weight excluding hydrogens is 358 g/mol. The molecule has 7 heteroatoms. The molecule has 2 aromatic rings. The van der Waals surface area contributed by atoms with Gasteiger partial charge in [-0.1, -0.05) is 30.3 Å². The number of nitrogens with two attached hydrogens (primary N) is 1. The topological polar surface area (TPSA) is 107 Å². The largest absolute Gasteiger partial charge is 0.478 e. The molecule has 0 aromatic heterocycles. The Labute approximate surface area is 164 Å². The predicted octanol–water partition coefficient (Wildman–Crippen LogP) is 2.02. The molecule has 1 fully saturated rings. The minimum Gasteiger partial charge on any atom is -0.478 e. The average Bonchev–Trinajstić information content (AvgIpc) is 2.71. The van der Waals surface area contributed by atoms with E-state index in [9.17, 15) is 9.59 Å². The molecule has 1 saturated heterocycles. The van der Waals surface area contributed by atoms with Crippen LogP contribution in [-0.2, 0) is 9.59 Å². The SMILES string of the molecule is NCCCN1CCN(c2ccc3ccccc3c2)CC1.O=C(O)/C=C\C(=O)O. The van der Waals surface area contributed by atoms with Crippen LogP contribution in [0.25, 0.3) is 10.8 Å². The van der Waals surface area contributed by atoms with Crippen molar-refractivity contribution in [3.05, 3.63) is 54.6 Å². The minimum atomic E-state index is -1.26. The summed E-state index contributed by atoms with van der Waals surface area (Å²) in [6, 6.07) is 15.4. The molecule has 4 N–H and O–H groups in total. The molecule has 150 valence electrons. The van der Waals surface area contributed by atoms with Gasteiger partial charge in [0, 0.05) is 44.0 Å². The van der Waals surface area contributed by atoms with Crippen LogP contribution in [0.5, 0.6) is 0 Å². The lowest BCUT2D eigenvalue weighted by molar-refractivity contribution is -0.134. The van der Waals surface area contributed by atoms with Crippen LogP contribution in [0.15, 0.2) is 54.6 Å². The van der Waals surface area contributed by atoms with Crippen LogP contribution in [0, 0.1) is 0 Å². The minimum absolute atomic E-state index is 0.558. The van der Waals surface area contributed by atoms with Crippen molar-refractivity contribution < 1.29 is 19.8 Å². The number of hydrogen-bond acceptors (Lipinski definition) is 5. The van der Waals surface area contributed by atoms with Crippen LogP contribution in [0.3, 0.4) is 0 Å². The summed E-state index contributed by atoms with van der Waals surface area (Å²) in [7, 11) is 0. The third-order valence-corrected chi connectivity index (χ3v) is 4.52. The first kappa shape index (κ1) is 21.4. The van der Waals surface area contributed by atoms with E-state index in [1.54, 1.807) is 0 Å². The molecule has 28 heavy (non-hydrogen) atoms. The number of rotatable bonds is 6. The van der Waals surface area contributed by atoms with Crippen LogP contribution in [0.2, 0.25) is 0 Å². The number of anilines is 1. The quantitative estimate of drug-likeness (QED) is 0.653. The summed E-state index contributed by atoms with van der Waals surface area (Å²) < 4.78 is 0. The van der Waals surface area contributed by atoms with Crippen molar-refractivity contribution in [1.29, 1.82) is 0 Å². The zero-order chi connectivity index (χ0) is 20.4. The first-order chi connectivity index (χ1) is 13.5. The van der Waals surface area contributed by atoms with E-state index in [4.69, 9.17) is 15.9 Å². The average molecular weight is 385 g/mol. The van der Waals surface area contributed by atoms with Crippen molar-refractivity contribution in [2.45, 2.75) is 6.42 Å². The van der Waals surface area contributed by atoms with Gasteiger partial charge in [0.05, 0.1) is 0 Å². The first-order valence-corrected chi connectivity index (χ1v) is 9.29. The summed E-state index contributed by atoms with van der Waals surface area (Å²) >= 11 is 0. The maximum atomic E-state index is 9.55. The standard InChI is InChI=1S/C17H23N3.C4H4O4/c18-8-3-9-19-10-12-20(13-11-19)17-7-6-15-4-1-2-5-16(15)14-17;5-3(6)1-2-4(7)8/h1-2,4-7,14H,3,8-13,18H2;1-2H,(H,5,6)(H,7,8)/b;2-1-. The number of aliphatic carboxylic acids is 2. The zero-order valence-corrected chi connectivity index (χ0v) is 15.8. The summed E-state index contributed by atoms with van der Waals surface area (Å²) in [5.41, 5.74) is 6.93. The van der Waals surface area contributed by atoms with Crippen molar-refractivity contribution >= 4 is 28.4 Å². The smallest absolute Gasteiger partial charge is 0.328 e. The molecule has 0 amide bonds. The molecule has 0 saturated carbocycles. The molecule has 7 nitrogen and oxygen atoms in total. The number of fused-ring (bicyclic) bond motifs is 1. The summed E-state index contributed by atoms with van der Waals surface area (Å²) in [4.78, 5) is 24.1. The van der Waals surface area contributed by atoms with E-state index in [1.165, 1.54) is 16.5 Å². The Hall–Kier alpha value is -2.90. The zero-order valence-electron chi connectivity index (χ0n) is 15.8. The Morgan fingerprint density at radius 3 is 2.11 bits per heavy atom. The molecule has 0 bridgehead atoms. The second kappa shape index (κ2) is 11.1. The molecule has 2 aromatic carbocycles. The van der Waals surface area contributed by atoms with Gasteiger partial charge in [0.2, 0.25) is 0 Å². The third-order valence-electron chi connectivity index (χ3n) is 4.52. The molecule has 0 atom stereocenters. The predicted molar refractivity (Wildman–Crippen MR) is 111 cm³/mol. The van der Waals surface area contributed by atoms with E-state index in [1.807, 2.05) is 0 Å². The number of nitrogens with zero attached hydrogens (tertiary/aromatic N) is 2. The molecule has 0 spiro atoms. The highest BCUT2D eigenvalue weighted by molar-refractivity contribution is 5.89. The molecule has 0 unspecified atom stereocenters. The maximum Gasteiger partial charge on any atom is 0.328 e. The Kier molecular flexibility index (Phi) is 8.45. The summed E-state index contributed by atoms with van der Waals surface area (Å²) in [6.07, 6.45) is 2.22. The van der Waals surface area contributed by atoms with E-state index in [2.05, 4.69) is 52.3 Å². The molecule has 1 aliphatic heterocycles. The normalized spacial score (nSPS) is 14.7. The fraction of sp³-hybridized carbons (Fsp3) is 0.333. The molecule has 0 radical (unpaired) electrons. The molecule has 0 aliphatic carbocycles. The lowest BCUT2D eigenvalue weighted by Crippen LogP contribution is -2.46. The highest BCUT2D eigenvalue weighted by Gasteiger charge is 2.16. The van der Waals surface area contributed by atoms with Gasteiger partial charge in [0.25, 0.3) is 0 Å². The fourth-order valence-electron chi connectivity index (χ4n) is 3.06. The number of hydrogen-bond donors (Lipinski definition) is 3. The summed E-state index contributed by atoms with van der Waals surface area (Å²) in [5.74, 6) is -2.51. The van der Waals surface area contributed by atoms with Crippen molar-refractivity contribution in [3.63, 3.8) is 0 Å². The highest BCUT2D eigenvalue weighted by Crippen LogP contribution is 2.23. The van der Waals surface area contributed by atoms with Gasteiger partial charge in [-0.25, -0.2) is 9.59 Å². The van der Waals surface area contributed by atoms with Crippen molar-refractivity contribution in [1.82, 2.24) is 4.90 Å².